The van der Waals surface area contributed by atoms with Gasteiger partial charge >= 0.3 is 6.03 Å². The van der Waals surface area contributed by atoms with E-state index in [9.17, 15) is 9.18 Å². The number of hydrogen-bond donors (Lipinski definition) is 1. The van der Waals surface area contributed by atoms with Gasteiger partial charge in [0.25, 0.3) is 0 Å². The fourth-order valence-electron chi connectivity index (χ4n) is 1.84. The summed E-state index contributed by atoms with van der Waals surface area (Å²) in [4.78, 5) is 19.7. The zero-order chi connectivity index (χ0) is 15.5. The molecule has 0 bridgehead atoms. The van der Waals surface area contributed by atoms with Crippen molar-refractivity contribution >= 4 is 17.6 Å². The Labute approximate surface area is 129 Å². The van der Waals surface area contributed by atoms with E-state index in [-0.39, 0.29) is 17.6 Å². The third-order valence-corrected chi connectivity index (χ3v) is 3.21. The Kier molecular flexibility index (Phi) is 3.84. The summed E-state index contributed by atoms with van der Waals surface area (Å²) in [5.41, 5.74) is 0.464. The summed E-state index contributed by atoms with van der Waals surface area (Å²) in [5.74, 6) is -0.0988. The topological polar surface area (TPSA) is 77.6 Å². The maximum Gasteiger partial charge on any atom is 0.327 e. The molecule has 0 unspecified atom stereocenters. The lowest BCUT2D eigenvalue weighted by atomic mass is 10.3. The fraction of sp³-hybridized carbons (Fsp3) is 0.0769. The normalized spacial score (nSPS) is 10.6. The molecule has 1 aromatic carbocycles. The lowest BCUT2D eigenvalue weighted by Gasteiger charge is -2.08. The molecule has 0 aliphatic carbocycles. The lowest BCUT2D eigenvalue weighted by Crippen LogP contribution is -2.28. The highest BCUT2D eigenvalue weighted by Gasteiger charge is 2.11. The Morgan fingerprint density at radius 3 is 3.00 bits per heavy atom. The number of carbonyl (C=O) groups excluding carboxylic acids is 1. The van der Waals surface area contributed by atoms with Crippen molar-refractivity contribution in [3.63, 3.8) is 0 Å². The van der Waals surface area contributed by atoms with Crippen molar-refractivity contribution in [2.24, 2.45) is 0 Å². The number of hydrogen-bond acceptors (Lipinski definition) is 4. The zero-order valence-electron chi connectivity index (χ0n) is 11.1. The molecular formula is C13H10ClFN6O. The average molecular weight is 321 g/mol. The predicted octanol–water partition coefficient (Wildman–Crippen LogP) is 2.01. The number of imidazole rings is 1. The molecule has 2 aromatic heterocycles. The summed E-state index contributed by atoms with van der Waals surface area (Å²) in [6.45, 7) is 0.126. The van der Waals surface area contributed by atoms with Gasteiger partial charge in [-0.25, -0.2) is 23.8 Å². The van der Waals surface area contributed by atoms with Crippen LogP contribution in [0.15, 0.2) is 43.2 Å². The van der Waals surface area contributed by atoms with E-state index in [0.29, 0.717) is 11.5 Å². The maximum absolute atomic E-state index is 13.5. The van der Waals surface area contributed by atoms with Crippen LogP contribution in [0.1, 0.15) is 5.82 Å². The molecule has 0 spiro atoms. The van der Waals surface area contributed by atoms with Crippen LogP contribution >= 0.6 is 11.6 Å². The number of aromatic nitrogens is 5. The van der Waals surface area contributed by atoms with Crippen LogP contribution in [0.3, 0.4) is 0 Å². The molecule has 0 fully saturated rings. The minimum absolute atomic E-state index is 0.0267. The molecule has 112 valence electrons. The van der Waals surface area contributed by atoms with E-state index in [4.69, 9.17) is 11.6 Å². The molecule has 1 N–H and O–H groups in total. The van der Waals surface area contributed by atoms with Crippen molar-refractivity contribution in [1.29, 1.82) is 0 Å². The van der Waals surface area contributed by atoms with Crippen molar-refractivity contribution in [2.75, 3.05) is 0 Å². The molecule has 3 aromatic rings. The van der Waals surface area contributed by atoms with Gasteiger partial charge in [0, 0.05) is 18.5 Å². The molecule has 0 atom stereocenters. The Hall–Kier alpha value is -2.74. The Morgan fingerprint density at radius 2 is 2.27 bits per heavy atom. The summed E-state index contributed by atoms with van der Waals surface area (Å²) in [7, 11) is 0. The monoisotopic (exact) mass is 320 g/mol. The van der Waals surface area contributed by atoms with Crippen LogP contribution < -0.4 is 5.32 Å². The third-order valence-electron chi connectivity index (χ3n) is 2.90. The summed E-state index contributed by atoms with van der Waals surface area (Å²) >= 11 is 5.66. The number of rotatable bonds is 3. The van der Waals surface area contributed by atoms with E-state index in [1.54, 1.807) is 6.07 Å². The van der Waals surface area contributed by atoms with Gasteiger partial charge in [-0.2, -0.15) is 5.10 Å². The van der Waals surface area contributed by atoms with Crippen molar-refractivity contribution in [3.05, 3.63) is 59.9 Å². The average Bonchev–Trinajstić information content (AvgIpc) is 3.18. The standard InChI is InChI=1S/C13H10ClFN6O/c14-10-2-1-9(5-11(10)15)21-12(18-7-19-21)6-17-13(22)20-4-3-16-8-20/h1-5,7-8H,6H2,(H,17,22). The molecule has 2 heterocycles. The van der Waals surface area contributed by atoms with Crippen LogP contribution in [-0.2, 0) is 6.54 Å². The highest BCUT2D eigenvalue weighted by molar-refractivity contribution is 6.30. The quantitative estimate of drug-likeness (QED) is 0.801. The van der Waals surface area contributed by atoms with Gasteiger partial charge in [-0.05, 0) is 12.1 Å². The van der Waals surface area contributed by atoms with Crippen LogP contribution in [0.4, 0.5) is 9.18 Å². The van der Waals surface area contributed by atoms with Crippen molar-refractivity contribution in [1.82, 2.24) is 29.6 Å². The number of carbonyl (C=O) groups is 1. The van der Waals surface area contributed by atoms with Crippen LogP contribution in [-0.4, -0.2) is 30.3 Å². The van der Waals surface area contributed by atoms with E-state index in [0.717, 1.165) is 0 Å². The zero-order valence-corrected chi connectivity index (χ0v) is 11.9. The molecule has 0 aliphatic heterocycles. The molecule has 0 saturated carbocycles. The summed E-state index contributed by atoms with van der Waals surface area (Å²) < 4.78 is 16.2. The molecule has 22 heavy (non-hydrogen) atoms. The van der Waals surface area contributed by atoms with Crippen molar-refractivity contribution in [3.8, 4) is 5.69 Å². The summed E-state index contributed by atoms with van der Waals surface area (Å²) in [6.07, 6.45) is 5.73. The first-order valence-electron chi connectivity index (χ1n) is 6.25. The second-order valence-electron chi connectivity index (χ2n) is 4.32. The SMILES string of the molecule is O=C(NCc1ncnn1-c1ccc(Cl)c(F)c1)n1ccnc1. The maximum atomic E-state index is 13.5. The van der Waals surface area contributed by atoms with Crippen LogP contribution in [0, 0.1) is 5.82 Å². The molecule has 0 radical (unpaired) electrons. The van der Waals surface area contributed by atoms with Gasteiger partial charge in [-0.1, -0.05) is 11.6 Å². The van der Waals surface area contributed by atoms with E-state index in [1.807, 2.05) is 0 Å². The highest BCUT2D eigenvalue weighted by atomic mass is 35.5. The van der Waals surface area contributed by atoms with Crippen molar-refractivity contribution in [2.45, 2.75) is 6.54 Å². The minimum Gasteiger partial charge on any atom is -0.330 e. The van der Waals surface area contributed by atoms with Crippen LogP contribution in [0.2, 0.25) is 5.02 Å². The molecule has 0 saturated heterocycles. The molecule has 0 aliphatic rings. The van der Waals surface area contributed by atoms with Gasteiger partial charge in [0.1, 0.15) is 18.5 Å². The number of halogens is 2. The van der Waals surface area contributed by atoms with Gasteiger partial charge in [0.2, 0.25) is 0 Å². The Balaban J connectivity index is 1.77. The molecule has 1 amide bonds. The van der Waals surface area contributed by atoms with E-state index in [2.05, 4.69) is 20.4 Å². The smallest absolute Gasteiger partial charge is 0.327 e. The number of amides is 1. The molecular weight excluding hydrogens is 311 g/mol. The second-order valence-corrected chi connectivity index (χ2v) is 4.72. The number of nitrogens with one attached hydrogen (secondary N) is 1. The Bertz CT molecular complexity index is 801. The lowest BCUT2D eigenvalue weighted by molar-refractivity contribution is 0.241. The highest BCUT2D eigenvalue weighted by Crippen LogP contribution is 2.18. The fourth-order valence-corrected chi connectivity index (χ4v) is 1.96. The Morgan fingerprint density at radius 1 is 1.41 bits per heavy atom. The summed E-state index contributed by atoms with van der Waals surface area (Å²) in [5, 5.41) is 6.71. The predicted molar refractivity (Wildman–Crippen MR) is 76.2 cm³/mol. The molecule has 7 nitrogen and oxygen atoms in total. The first-order valence-corrected chi connectivity index (χ1v) is 6.63. The van der Waals surface area contributed by atoms with E-state index < -0.39 is 5.82 Å². The first-order chi connectivity index (χ1) is 10.6. The van der Waals surface area contributed by atoms with E-state index in [1.165, 1.54) is 46.4 Å². The van der Waals surface area contributed by atoms with Crippen LogP contribution in [0.5, 0.6) is 0 Å². The second kappa shape index (κ2) is 5.94. The third kappa shape index (κ3) is 2.82. The molecule has 9 heteroatoms. The van der Waals surface area contributed by atoms with Gasteiger partial charge in [-0.3, -0.25) is 4.57 Å². The number of nitrogens with zero attached hydrogens (tertiary/aromatic N) is 5. The molecule has 3 rings (SSSR count). The van der Waals surface area contributed by atoms with Crippen molar-refractivity contribution < 1.29 is 9.18 Å². The van der Waals surface area contributed by atoms with Gasteiger partial charge in [-0.15, -0.1) is 0 Å². The summed E-state index contributed by atoms with van der Waals surface area (Å²) in [6, 6.07) is 3.94. The van der Waals surface area contributed by atoms with Crippen LogP contribution in [0.25, 0.3) is 5.69 Å². The number of benzene rings is 1. The van der Waals surface area contributed by atoms with Gasteiger partial charge in [0.05, 0.1) is 17.3 Å². The van der Waals surface area contributed by atoms with Gasteiger partial charge in [0.15, 0.2) is 5.82 Å². The van der Waals surface area contributed by atoms with E-state index >= 15 is 0 Å². The minimum atomic E-state index is -0.553. The largest absolute Gasteiger partial charge is 0.330 e. The van der Waals surface area contributed by atoms with Gasteiger partial charge < -0.3 is 5.32 Å². The first kappa shape index (κ1) is 14.2.